The zero-order valence-corrected chi connectivity index (χ0v) is 36.9. The summed E-state index contributed by atoms with van der Waals surface area (Å²) in [5, 5.41) is 4.37. The van der Waals surface area contributed by atoms with Gasteiger partial charge < -0.3 is 29.4 Å². The number of nitrogens with zero attached hydrogens (tertiary/aromatic N) is 3. The summed E-state index contributed by atoms with van der Waals surface area (Å²) >= 11 is 12.5. The van der Waals surface area contributed by atoms with Gasteiger partial charge in [0.25, 0.3) is 15.9 Å². The molecule has 0 saturated carbocycles. The number of alkyl halides is 3. The van der Waals surface area contributed by atoms with E-state index in [4.69, 9.17) is 37.4 Å². The lowest BCUT2D eigenvalue weighted by molar-refractivity contribution is -0.0331. The molecule has 0 spiro atoms. The van der Waals surface area contributed by atoms with E-state index in [1.807, 2.05) is 16.9 Å². The van der Waals surface area contributed by atoms with Crippen LogP contribution in [0.15, 0.2) is 89.6 Å². The number of H-pyrrole nitrogens is 1. The number of hydrogen-bond acceptors (Lipinski definition) is 10. The van der Waals surface area contributed by atoms with E-state index in [9.17, 15) is 22.0 Å². The van der Waals surface area contributed by atoms with Gasteiger partial charge >= 0.3 is 0 Å². The van der Waals surface area contributed by atoms with Crippen LogP contribution in [0.4, 0.5) is 23.2 Å². The number of aromatic amines is 1. The lowest BCUT2D eigenvalue weighted by atomic mass is 9.84. The number of fused-ring (bicyclic) bond motifs is 1. The lowest BCUT2D eigenvalue weighted by Gasteiger charge is -2.40. The zero-order valence-electron chi connectivity index (χ0n) is 34.5. The molecule has 1 unspecified atom stereocenters. The van der Waals surface area contributed by atoms with E-state index < -0.39 is 57.6 Å². The second kappa shape index (κ2) is 19.7. The number of halogens is 6. The minimum Gasteiger partial charge on any atom is -0.473 e. The molecular formula is C45H46Cl2F4N6O6S. The van der Waals surface area contributed by atoms with Crippen LogP contribution in [0, 0.1) is 11.7 Å². The van der Waals surface area contributed by atoms with Crippen molar-refractivity contribution in [3.05, 3.63) is 112 Å². The fourth-order valence-electron chi connectivity index (χ4n) is 8.28. The highest BCUT2D eigenvalue weighted by Gasteiger charge is 2.35. The number of hydrogen-bond donors (Lipinski definition) is 3. The molecule has 1 amide bonds. The largest absolute Gasteiger partial charge is 0.473 e. The molecule has 2 fully saturated rings. The molecule has 0 bridgehead atoms. The van der Waals surface area contributed by atoms with Crippen molar-refractivity contribution < 1.29 is 45.0 Å². The summed E-state index contributed by atoms with van der Waals surface area (Å²) in [5.41, 5.74) is 2.21. The van der Waals surface area contributed by atoms with Gasteiger partial charge in [-0.2, -0.15) is 0 Å². The third kappa shape index (κ3) is 10.3. The van der Waals surface area contributed by atoms with Crippen LogP contribution in [-0.4, -0.2) is 113 Å². The summed E-state index contributed by atoms with van der Waals surface area (Å²) < 4.78 is 105. The molecule has 3 aliphatic rings. The van der Waals surface area contributed by atoms with Crippen molar-refractivity contribution in [2.75, 3.05) is 77.3 Å². The number of sulfonamides is 1. The number of amides is 1. The minimum atomic E-state index is -4.60. The molecule has 2 aromatic heterocycles. The molecule has 5 heterocycles. The third-order valence-electron chi connectivity index (χ3n) is 11.9. The van der Waals surface area contributed by atoms with Crippen molar-refractivity contribution >= 4 is 61.3 Å². The summed E-state index contributed by atoms with van der Waals surface area (Å²) in [7, 11) is -4.60. The first-order chi connectivity index (χ1) is 30.8. The van der Waals surface area contributed by atoms with Crippen LogP contribution in [0.3, 0.4) is 0 Å². The molecule has 0 aliphatic carbocycles. The molecule has 12 nitrogen and oxygen atoms in total. The number of nitrogens with one attached hydrogen (secondary N) is 3. The van der Waals surface area contributed by atoms with Gasteiger partial charge in [-0.15, -0.1) is 0 Å². The maximum absolute atomic E-state index is 15.5. The van der Waals surface area contributed by atoms with Crippen molar-refractivity contribution in [2.45, 2.75) is 35.9 Å². The Bertz CT molecular complexity index is 2620. The number of pyridine rings is 1. The molecule has 0 radical (unpaired) electrons. The van der Waals surface area contributed by atoms with Crippen LogP contribution in [0.25, 0.3) is 16.5 Å². The molecular weight excluding hydrogens is 899 g/mol. The van der Waals surface area contributed by atoms with Crippen molar-refractivity contribution in [3.63, 3.8) is 0 Å². The van der Waals surface area contributed by atoms with E-state index in [0.29, 0.717) is 67.3 Å². The van der Waals surface area contributed by atoms with Crippen LogP contribution < -0.4 is 24.4 Å². The third-order valence-corrected chi connectivity index (χ3v) is 13.7. The maximum Gasteiger partial charge on any atom is 0.268 e. The van der Waals surface area contributed by atoms with Crippen molar-refractivity contribution in [1.29, 1.82) is 0 Å². The number of anilines is 1. The van der Waals surface area contributed by atoms with Crippen LogP contribution in [0.5, 0.6) is 17.4 Å². The zero-order chi connectivity index (χ0) is 45.0. The normalized spacial score (nSPS) is 18.4. The maximum atomic E-state index is 15.5. The number of aromatic nitrogens is 2. The predicted molar refractivity (Wildman–Crippen MR) is 237 cm³/mol. The van der Waals surface area contributed by atoms with Gasteiger partial charge in [0.2, 0.25) is 5.88 Å². The van der Waals surface area contributed by atoms with Gasteiger partial charge in [-0.05, 0) is 72.1 Å². The van der Waals surface area contributed by atoms with Gasteiger partial charge in [0, 0.05) is 111 Å². The Hall–Kier alpha value is -4.91. The van der Waals surface area contributed by atoms with E-state index in [1.54, 1.807) is 36.5 Å². The van der Waals surface area contributed by atoms with Gasteiger partial charge in [-0.1, -0.05) is 35.3 Å². The molecule has 3 N–H and O–H groups in total. The quantitative estimate of drug-likeness (QED) is 0.0880. The number of ether oxygens (including phenoxy) is 3. The molecule has 2 saturated heterocycles. The van der Waals surface area contributed by atoms with E-state index >= 15 is 8.78 Å². The summed E-state index contributed by atoms with van der Waals surface area (Å²) in [6.07, 6.45) is 3.51. The van der Waals surface area contributed by atoms with E-state index in [1.165, 1.54) is 18.2 Å². The lowest BCUT2D eigenvalue weighted by Crippen LogP contribution is -2.51. The molecule has 8 rings (SSSR count). The average molecular weight is 946 g/mol. The van der Waals surface area contributed by atoms with E-state index in [0.717, 1.165) is 29.0 Å². The minimum absolute atomic E-state index is 0.119. The smallest absolute Gasteiger partial charge is 0.268 e. The molecule has 3 aromatic carbocycles. The second-order valence-electron chi connectivity index (χ2n) is 16.1. The Labute approximate surface area is 377 Å². The monoisotopic (exact) mass is 944 g/mol. The number of piperazine rings is 1. The highest BCUT2D eigenvalue weighted by atomic mass is 35.5. The first-order valence-corrected chi connectivity index (χ1v) is 23.1. The Morgan fingerprint density at radius 3 is 2.45 bits per heavy atom. The Morgan fingerprint density at radius 2 is 1.73 bits per heavy atom. The second-order valence-corrected chi connectivity index (χ2v) is 18.6. The standard InChI is InChI=1S/C45H46Cl2F4N6O6S/c46-31-3-1-28(2-4-31)34-8-12-53-42(30(23-48)24-49)36(34)26-56-13-15-57(16-14-56)32-5-6-35(40(20-32)63-41-19-29-7-11-52-39(29)22-38(41)50)43(58)55-64(59,60)33-21-37(47)44(54-25-33)62-27-45(51)9-17-61-18-10-45/h1-7,11,19-22,25,30,42,52-53H,8-10,12-18,23-24,26-27H2,(H,55,58). The van der Waals surface area contributed by atoms with Crippen molar-refractivity contribution in [1.82, 2.24) is 24.9 Å². The Balaban J connectivity index is 1.02. The molecule has 64 heavy (non-hydrogen) atoms. The van der Waals surface area contributed by atoms with E-state index in [2.05, 4.69) is 25.1 Å². The molecule has 340 valence electrons. The van der Waals surface area contributed by atoms with Gasteiger partial charge in [-0.3, -0.25) is 18.5 Å². The van der Waals surface area contributed by atoms with Crippen LogP contribution in [-0.2, 0) is 14.8 Å². The van der Waals surface area contributed by atoms with Crippen LogP contribution in [0.2, 0.25) is 10.0 Å². The number of carbonyl (C=O) groups is 1. The highest BCUT2D eigenvalue weighted by Crippen LogP contribution is 2.36. The predicted octanol–water partition coefficient (Wildman–Crippen LogP) is 8.31. The SMILES string of the molecule is O=C(NS(=O)(=O)c1cnc(OCC2(F)CCOCC2)c(Cl)c1)c1ccc(N2CCN(CC3=C(c4ccc(Cl)cc4)CCNC3C(CF)CF)CC2)cc1Oc1cc2cc[nH]c2cc1F. The molecule has 19 heteroatoms. The average Bonchev–Trinajstić information content (AvgIpc) is 3.74. The van der Waals surface area contributed by atoms with Gasteiger partial charge in [-0.25, -0.2) is 26.9 Å². The first kappa shape index (κ1) is 45.7. The van der Waals surface area contributed by atoms with Crippen molar-refractivity contribution in [2.24, 2.45) is 5.92 Å². The van der Waals surface area contributed by atoms with Crippen LogP contribution in [0.1, 0.15) is 35.2 Å². The van der Waals surface area contributed by atoms with Crippen LogP contribution >= 0.6 is 23.2 Å². The fourth-order valence-corrected chi connectivity index (χ4v) is 9.63. The van der Waals surface area contributed by atoms with Crippen molar-refractivity contribution in [3.8, 4) is 17.4 Å². The first-order valence-electron chi connectivity index (χ1n) is 20.8. The Morgan fingerprint density at radius 1 is 0.984 bits per heavy atom. The highest BCUT2D eigenvalue weighted by molar-refractivity contribution is 7.90. The van der Waals surface area contributed by atoms with Gasteiger partial charge in [0.05, 0.1) is 25.1 Å². The number of carbonyl (C=O) groups excluding carboxylic acids is 1. The fraction of sp³-hybridized carbons (Fsp3) is 0.378. The summed E-state index contributed by atoms with van der Waals surface area (Å²) in [6.45, 7) is 1.72. The van der Waals surface area contributed by atoms with E-state index in [-0.39, 0.29) is 60.6 Å². The number of rotatable bonds is 15. The summed E-state index contributed by atoms with van der Waals surface area (Å²) in [5.74, 6) is -3.14. The summed E-state index contributed by atoms with van der Waals surface area (Å²) in [4.78, 5) is 24.6. The van der Waals surface area contributed by atoms with Gasteiger partial charge in [0.15, 0.2) is 11.6 Å². The Kier molecular flexibility index (Phi) is 14.0. The molecule has 3 aliphatic heterocycles. The molecule has 1 atom stereocenters. The number of benzene rings is 3. The summed E-state index contributed by atoms with van der Waals surface area (Å²) in [6, 6.07) is 17.1. The topological polar surface area (TPSA) is 138 Å². The molecule has 5 aromatic rings. The van der Waals surface area contributed by atoms with Gasteiger partial charge in [0.1, 0.15) is 27.9 Å².